The van der Waals surface area contributed by atoms with Crippen LogP contribution in [-0.2, 0) is 4.79 Å². The van der Waals surface area contributed by atoms with E-state index >= 15 is 0 Å². The number of fused-ring (bicyclic) bond motifs is 1. The second-order valence-electron chi connectivity index (χ2n) is 3.99. The minimum atomic E-state index is -0.984. The number of hydrogen-bond donors (Lipinski definition) is 4. The van der Waals surface area contributed by atoms with Crippen LogP contribution >= 0.6 is 0 Å². The summed E-state index contributed by atoms with van der Waals surface area (Å²) in [5, 5.41) is 23.5. The fraction of sp³-hybridized carbons (Fsp3) is 0.273. The average molecular weight is 282 g/mol. The van der Waals surface area contributed by atoms with E-state index in [0.717, 1.165) is 4.73 Å². The molecule has 1 aromatic carbocycles. The number of aromatic nitrogens is 3. The number of methoxy groups -OCH3 is 1. The smallest absolute Gasteiger partial charge is 0.449 e. The first kappa shape index (κ1) is 13.6. The van der Waals surface area contributed by atoms with Crippen LogP contribution < -0.4 is 19.3 Å². The van der Waals surface area contributed by atoms with E-state index in [1.807, 2.05) is 0 Å². The van der Waals surface area contributed by atoms with Crippen molar-refractivity contribution in [1.82, 2.24) is 5.10 Å². The molecule has 2 rings (SSSR count). The molecule has 20 heavy (non-hydrogen) atoms. The number of aromatic amines is 1. The zero-order valence-corrected chi connectivity index (χ0v) is 10.7. The van der Waals surface area contributed by atoms with E-state index in [9.17, 15) is 14.9 Å². The van der Waals surface area contributed by atoms with E-state index in [0.29, 0.717) is 10.3 Å². The van der Waals surface area contributed by atoms with Crippen molar-refractivity contribution in [2.45, 2.75) is 6.42 Å². The Hall–Kier alpha value is -2.84. The summed E-state index contributed by atoms with van der Waals surface area (Å²) in [5.74, 6) is -0.525. The van der Waals surface area contributed by atoms with Crippen molar-refractivity contribution in [3.63, 3.8) is 0 Å². The first-order valence-electron chi connectivity index (χ1n) is 5.76. The molecule has 2 aromatic rings. The number of carbonyl (C=O) groups is 1. The van der Waals surface area contributed by atoms with Gasteiger partial charge in [0.25, 0.3) is 0 Å². The van der Waals surface area contributed by atoms with Gasteiger partial charge in [-0.15, -0.1) is 0 Å². The number of ether oxygens (including phenoxy) is 1. The van der Waals surface area contributed by atoms with Gasteiger partial charge in [0.05, 0.1) is 31.0 Å². The Morgan fingerprint density at radius 2 is 2.20 bits per heavy atom. The third-order valence-corrected chi connectivity index (χ3v) is 2.68. The highest BCUT2D eigenvalue weighted by atomic mass is 16.5. The molecule has 0 bridgehead atoms. The molecule has 9 heteroatoms. The fourth-order valence-electron chi connectivity index (χ4n) is 1.70. The standard InChI is InChI=1S/C11H12N4O5/c1-20-7-2-3-8-9(6-7)15(19)13-11(14(8)18)12-5-4-10(16)17/h2-3,6,18H,4-5H2,1H3,(H-,12,13,16,17,19)/p+2. The minimum Gasteiger partial charge on any atom is -0.496 e. The second kappa shape index (κ2) is 5.43. The van der Waals surface area contributed by atoms with E-state index < -0.39 is 5.97 Å². The molecule has 0 aliphatic heterocycles. The Labute approximate surface area is 112 Å². The normalized spacial score (nSPS) is 10.4. The number of nitrogens with one attached hydrogen (secondary N) is 2. The summed E-state index contributed by atoms with van der Waals surface area (Å²) in [4.78, 5) is 22.3. The fourth-order valence-corrected chi connectivity index (χ4v) is 1.70. The van der Waals surface area contributed by atoms with Crippen LogP contribution in [0.2, 0.25) is 0 Å². The molecule has 106 valence electrons. The van der Waals surface area contributed by atoms with Gasteiger partial charge in [-0.1, -0.05) is 0 Å². The quantitative estimate of drug-likeness (QED) is 0.433. The molecule has 9 nitrogen and oxygen atoms in total. The van der Waals surface area contributed by atoms with Crippen LogP contribution in [0.1, 0.15) is 6.42 Å². The van der Waals surface area contributed by atoms with Gasteiger partial charge < -0.3 is 15.1 Å². The Bertz CT molecular complexity index is 712. The van der Waals surface area contributed by atoms with Crippen molar-refractivity contribution < 1.29 is 29.1 Å². The monoisotopic (exact) mass is 282 g/mol. The number of hydrogen-bond acceptors (Lipinski definition) is 5. The van der Waals surface area contributed by atoms with Gasteiger partial charge >= 0.3 is 17.4 Å². The van der Waals surface area contributed by atoms with Gasteiger partial charge in [0.15, 0.2) is 0 Å². The van der Waals surface area contributed by atoms with Gasteiger partial charge in [-0.3, -0.25) is 10.1 Å². The van der Waals surface area contributed by atoms with E-state index in [-0.39, 0.29) is 29.9 Å². The summed E-state index contributed by atoms with van der Waals surface area (Å²) in [5.41, 5.74) is 0.424. The molecule has 0 unspecified atom stereocenters. The van der Waals surface area contributed by atoms with Gasteiger partial charge in [-0.2, -0.15) is 0 Å². The second-order valence-corrected chi connectivity index (χ2v) is 3.99. The number of H-pyrrole nitrogens is 1. The molecular weight excluding hydrogens is 268 g/mol. The van der Waals surface area contributed by atoms with Gasteiger partial charge in [0, 0.05) is 5.10 Å². The summed E-state index contributed by atoms with van der Waals surface area (Å²) in [6.07, 6.45) is -0.145. The number of carboxylic acids is 1. The molecule has 0 saturated carbocycles. The molecule has 0 atom stereocenters. The van der Waals surface area contributed by atoms with Crippen LogP contribution in [0.15, 0.2) is 18.2 Å². The van der Waals surface area contributed by atoms with Crippen molar-refractivity contribution >= 4 is 23.0 Å². The van der Waals surface area contributed by atoms with Crippen molar-refractivity contribution in [2.24, 2.45) is 0 Å². The molecule has 0 saturated heterocycles. The molecular formula is C11H14N4O5+2. The Morgan fingerprint density at radius 1 is 1.45 bits per heavy atom. The molecule has 0 aliphatic rings. The van der Waals surface area contributed by atoms with E-state index in [4.69, 9.17) is 9.84 Å². The van der Waals surface area contributed by atoms with Crippen molar-refractivity contribution in [3.8, 4) is 5.75 Å². The summed E-state index contributed by atoms with van der Waals surface area (Å²) in [6.45, 7) is 0.0635. The highest BCUT2D eigenvalue weighted by molar-refractivity contribution is 5.69. The van der Waals surface area contributed by atoms with E-state index in [1.54, 1.807) is 6.07 Å². The lowest BCUT2D eigenvalue weighted by molar-refractivity contribution is -0.881. The largest absolute Gasteiger partial charge is 0.496 e. The molecule has 0 radical (unpaired) electrons. The summed E-state index contributed by atoms with van der Waals surface area (Å²) in [7, 11) is 1.47. The molecule has 1 heterocycles. The lowest BCUT2D eigenvalue weighted by Crippen LogP contribution is -2.42. The molecule has 0 amide bonds. The molecule has 1 aromatic heterocycles. The first-order chi connectivity index (χ1) is 9.52. The summed E-state index contributed by atoms with van der Waals surface area (Å²) < 4.78 is 6.19. The number of carboxylic acid groups (broad SMARTS) is 1. The minimum absolute atomic E-state index is 0.0149. The van der Waals surface area contributed by atoms with Crippen LogP contribution in [0.25, 0.3) is 11.0 Å². The zero-order chi connectivity index (χ0) is 14.7. The Kier molecular flexibility index (Phi) is 3.69. The topological polar surface area (TPSA) is 121 Å². The maximum absolute atomic E-state index is 11.8. The van der Waals surface area contributed by atoms with Crippen molar-refractivity contribution in [3.05, 3.63) is 23.1 Å². The van der Waals surface area contributed by atoms with E-state index in [1.165, 1.54) is 19.2 Å². The number of rotatable bonds is 5. The SMILES string of the molecule is COc1ccc2c(c1)[n+](=O)[nH]c(NCCC(=O)O)[n+]2O. The first-order valence-corrected chi connectivity index (χ1v) is 5.76. The molecule has 0 spiro atoms. The van der Waals surface area contributed by atoms with Gasteiger partial charge in [-0.05, 0) is 16.9 Å². The maximum Gasteiger partial charge on any atom is 0.449 e. The number of nitrogens with zero attached hydrogens (tertiary/aromatic N) is 2. The van der Waals surface area contributed by atoms with Crippen LogP contribution in [0, 0.1) is 4.91 Å². The molecule has 0 aliphatic carbocycles. The number of anilines is 1. The predicted molar refractivity (Wildman–Crippen MR) is 66.3 cm³/mol. The third kappa shape index (κ3) is 2.60. The van der Waals surface area contributed by atoms with Crippen LogP contribution in [0.5, 0.6) is 5.75 Å². The van der Waals surface area contributed by atoms with Crippen molar-refractivity contribution in [1.29, 1.82) is 0 Å². The third-order valence-electron chi connectivity index (χ3n) is 2.68. The van der Waals surface area contributed by atoms with Crippen LogP contribution in [-0.4, -0.2) is 35.0 Å². The highest BCUT2D eigenvalue weighted by Crippen LogP contribution is 2.14. The lowest BCUT2D eigenvalue weighted by atomic mass is 10.3. The van der Waals surface area contributed by atoms with Gasteiger partial charge in [0.2, 0.25) is 10.1 Å². The molecule has 4 N–H and O–H groups in total. The zero-order valence-electron chi connectivity index (χ0n) is 10.7. The number of benzene rings is 1. The Balaban J connectivity index is 2.41. The number of aliphatic carboxylic acids is 1. The average Bonchev–Trinajstić information content (AvgIpc) is 2.43. The molecule has 0 fully saturated rings. The summed E-state index contributed by atoms with van der Waals surface area (Å²) >= 11 is 0. The predicted octanol–water partition coefficient (Wildman–Crippen LogP) is -0.498. The van der Waals surface area contributed by atoms with Crippen molar-refractivity contribution in [2.75, 3.05) is 19.0 Å². The van der Waals surface area contributed by atoms with Crippen LogP contribution in [0.4, 0.5) is 5.95 Å². The van der Waals surface area contributed by atoms with Crippen LogP contribution in [0.3, 0.4) is 0 Å². The Morgan fingerprint density at radius 3 is 2.85 bits per heavy atom. The lowest BCUT2D eigenvalue weighted by Gasteiger charge is -2.01. The highest BCUT2D eigenvalue weighted by Gasteiger charge is 2.23. The summed E-state index contributed by atoms with van der Waals surface area (Å²) in [6, 6.07) is 4.57. The van der Waals surface area contributed by atoms with E-state index in [2.05, 4.69) is 10.4 Å². The van der Waals surface area contributed by atoms with Gasteiger partial charge in [-0.25, -0.2) is 0 Å². The van der Waals surface area contributed by atoms with Gasteiger partial charge in [0.1, 0.15) is 5.75 Å². The maximum atomic E-state index is 11.8.